The van der Waals surface area contributed by atoms with E-state index in [1.807, 2.05) is 0 Å². The van der Waals surface area contributed by atoms with E-state index in [2.05, 4.69) is 6.92 Å². The monoisotopic (exact) mass is 365 g/mol. The zero-order valence-electron chi connectivity index (χ0n) is 14.8. The van der Waals surface area contributed by atoms with Crippen LogP contribution in [0.2, 0.25) is 0 Å². The van der Waals surface area contributed by atoms with E-state index >= 15 is 0 Å². The molecule has 0 saturated heterocycles. The van der Waals surface area contributed by atoms with Gasteiger partial charge in [-0.2, -0.15) is 8.42 Å². The summed E-state index contributed by atoms with van der Waals surface area (Å²) in [6.45, 7) is 2.52. The van der Waals surface area contributed by atoms with Gasteiger partial charge in [0.25, 0.3) is 10.1 Å². The van der Waals surface area contributed by atoms with Gasteiger partial charge in [-0.1, -0.05) is 82.9 Å². The van der Waals surface area contributed by atoms with Gasteiger partial charge in [-0.15, -0.1) is 0 Å². The quantitative estimate of drug-likeness (QED) is 0.306. The van der Waals surface area contributed by atoms with Crippen LogP contribution in [0.4, 0.5) is 0 Å². The molecule has 0 aliphatic carbocycles. The average Bonchev–Trinajstić information content (AvgIpc) is 2.53. The maximum Gasteiger partial charge on any atom is 1.00 e. The molecular formula is C18H30KO3S+. The third-order valence-electron chi connectivity index (χ3n) is 3.77. The largest absolute Gasteiger partial charge is 1.00 e. The smallest absolute Gasteiger partial charge is 0.266 e. The molecule has 0 aliphatic rings. The van der Waals surface area contributed by atoms with Gasteiger partial charge in [0.1, 0.15) is 0 Å². The molecule has 0 unspecified atom stereocenters. The second-order valence-electron chi connectivity index (χ2n) is 5.77. The summed E-state index contributed by atoms with van der Waals surface area (Å²) in [4.78, 5) is 0.238. The predicted octanol–water partition coefficient (Wildman–Crippen LogP) is 2.32. The first-order valence-corrected chi connectivity index (χ1v) is 10.0. The van der Waals surface area contributed by atoms with Crippen molar-refractivity contribution in [1.82, 2.24) is 0 Å². The molecule has 1 aromatic carbocycles. The summed E-state index contributed by atoms with van der Waals surface area (Å²) in [7, 11) is -3.57. The Balaban J connectivity index is 0.00000484. The molecule has 0 N–H and O–H groups in total. The van der Waals surface area contributed by atoms with Crippen LogP contribution in [0.5, 0.6) is 0 Å². The molecule has 0 aromatic heterocycles. The van der Waals surface area contributed by atoms with Crippen molar-refractivity contribution < 1.29 is 64.0 Å². The standard InChI is InChI=1S/C18H30O3S.K/c1-2-3-4-5-6-7-8-9-10-14-17-21-22(19,20)18-15-12-11-13-16-18;/h11-13,15-16H,2-10,14,17H2,1H3;/q;+1. The van der Waals surface area contributed by atoms with E-state index in [-0.39, 0.29) is 62.9 Å². The maximum atomic E-state index is 11.9. The molecular weight excluding hydrogens is 335 g/mol. The Morgan fingerprint density at radius 2 is 1.26 bits per heavy atom. The van der Waals surface area contributed by atoms with Crippen LogP contribution in [0.1, 0.15) is 71.1 Å². The molecule has 0 fully saturated rings. The first kappa shape index (κ1) is 23.8. The number of unbranched alkanes of at least 4 members (excludes halogenated alkanes) is 9. The van der Waals surface area contributed by atoms with Gasteiger partial charge in [0, 0.05) is 0 Å². The van der Waals surface area contributed by atoms with E-state index in [0.717, 1.165) is 12.8 Å². The topological polar surface area (TPSA) is 43.4 Å². The summed E-state index contributed by atoms with van der Waals surface area (Å²) in [6.07, 6.45) is 12.3. The fraction of sp³-hybridized carbons (Fsp3) is 0.667. The van der Waals surface area contributed by atoms with Crippen LogP contribution in [0.15, 0.2) is 35.2 Å². The van der Waals surface area contributed by atoms with E-state index in [1.54, 1.807) is 30.3 Å². The minimum absolute atomic E-state index is 0. The van der Waals surface area contributed by atoms with Gasteiger partial charge < -0.3 is 0 Å². The van der Waals surface area contributed by atoms with Crippen molar-refractivity contribution in [2.75, 3.05) is 6.61 Å². The van der Waals surface area contributed by atoms with Crippen molar-refractivity contribution in [3.8, 4) is 0 Å². The molecule has 0 amide bonds. The van der Waals surface area contributed by atoms with Gasteiger partial charge in [0.15, 0.2) is 0 Å². The molecule has 0 aliphatic heterocycles. The minimum Gasteiger partial charge on any atom is -0.266 e. The first-order valence-electron chi connectivity index (χ1n) is 8.61. The fourth-order valence-corrected chi connectivity index (χ4v) is 3.38. The van der Waals surface area contributed by atoms with Gasteiger partial charge in [0.05, 0.1) is 11.5 Å². The second-order valence-corrected chi connectivity index (χ2v) is 7.39. The van der Waals surface area contributed by atoms with Crippen molar-refractivity contribution in [2.45, 2.75) is 76.0 Å². The van der Waals surface area contributed by atoms with Crippen LogP contribution in [-0.2, 0) is 14.3 Å². The van der Waals surface area contributed by atoms with Crippen molar-refractivity contribution in [3.05, 3.63) is 30.3 Å². The Morgan fingerprint density at radius 1 is 0.783 bits per heavy atom. The molecule has 0 spiro atoms. The van der Waals surface area contributed by atoms with Gasteiger partial charge in [-0.05, 0) is 18.6 Å². The number of hydrogen-bond donors (Lipinski definition) is 0. The van der Waals surface area contributed by atoms with Crippen LogP contribution in [-0.4, -0.2) is 15.0 Å². The third-order valence-corrected chi connectivity index (χ3v) is 5.09. The Labute approximate surface area is 185 Å². The van der Waals surface area contributed by atoms with Crippen LogP contribution in [0.3, 0.4) is 0 Å². The van der Waals surface area contributed by atoms with Gasteiger partial charge in [0.2, 0.25) is 0 Å². The van der Waals surface area contributed by atoms with Crippen LogP contribution >= 0.6 is 0 Å². The summed E-state index contributed by atoms with van der Waals surface area (Å²) in [5.74, 6) is 0. The fourth-order valence-electron chi connectivity index (χ4n) is 2.41. The summed E-state index contributed by atoms with van der Waals surface area (Å²) < 4.78 is 28.8. The zero-order valence-corrected chi connectivity index (χ0v) is 18.7. The molecule has 3 nitrogen and oxygen atoms in total. The van der Waals surface area contributed by atoms with E-state index < -0.39 is 10.1 Å². The summed E-state index contributed by atoms with van der Waals surface area (Å²) >= 11 is 0. The molecule has 0 heterocycles. The molecule has 0 atom stereocenters. The molecule has 0 radical (unpaired) electrons. The average molecular weight is 366 g/mol. The van der Waals surface area contributed by atoms with Crippen molar-refractivity contribution in [1.29, 1.82) is 0 Å². The number of rotatable bonds is 13. The molecule has 126 valence electrons. The molecule has 0 saturated carbocycles. The third kappa shape index (κ3) is 11.9. The van der Waals surface area contributed by atoms with Gasteiger partial charge >= 0.3 is 51.4 Å². The first-order chi connectivity index (χ1) is 10.7. The number of hydrogen-bond acceptors (Lipinski definition) is 3. The maximum absolute atomic E-state index is 11.9. The Kier molecular flexibility index (Phi) is 15.6. The van der Waals surface area contributed by atoms with E-state index in [4.69, 9.17) is 4.18 Å². The second kappa shape index (κ2) is 15.1. The number of benzene rings is 1. The van der Waals surface area contributed by atoms with Crippen molar-refractivity contribution in [2.24, 2.45) is 0 Å². The molecule has 23 heavy (non-hydrogen) atoms. The Hall–Kier alpha value is 0.766. The van der Waals surface area contributed by atoms with E-state index in [1.165, 1.54) is 51.4 Å². The Bertz CT molecular complexity index is 474. The molecule has 0 bridgehead atoms. The van der Waals surface area contributed by atoms with E-state index in [0.29, 0.717) is 0 Å². The zero-order chi connectivity index (χ0) is 16.1. The van der Waals surface area contributed by atoms with Crippen molar-refractivity contribution in [3.63, 3.8) is 0 Å². The van der Waals surface area contributed by atoms with Crippen molar-refractivity contribution >= 4 is 10.1 Å². The minimum atomic E-state index is -3.57. The van der Waals surface area contributed by atoms with E-state index in [9.17, 15) is 8.42 Å². The van der Waals surface area contributed by atoms with Gasteiger partial charge in [-0.3, -0.25) is 4.18 Å². The SMILES string of the molecule is CCCCCCCCCCCCOS(=O)(=O)c1ccccc1.[K+]. The predicted molar refractivity (Wildman–Crippen MR) is 91.4 cm³/mol. The summed E-state index contributed by atoms with van der Waals surface area (Å²) in [6, 6.07) is 8.33. The van der Waals surface area contributed by atoms with Crippen LogP contribution in [0.25, 0.3) is 0 Å². The normalized spacial score (nSPS) is 11.2. The molecule has 1 aromatic rings. The summed E-state index contributed by atoms with van der Waals surface area (Å²) in [5.41, 5.74) is 0. The Morgan fingerprint density at radius 3 is 1.78 bits per heavy atom. The van der Waals surface area contributed by atoms with Crippen LogP contribution < -0.4 is 51.4 Å². The molecule has 1 rings (SSSR count). The van der Waals surface area contributed by atoms with Crippen LogP contribution in [0, 0.1) is 0 Å². The summed E-state index contributed by atoms with van der Waals surface area (Å²) in [5, 5.41) is 0. The molecule has 5 heteroatoms. The van der Waals surface area contributed by atoms with Gasteiger partial charge in [-0.25, -0.2) is 0 Å².